The van der Waals surface area contributed by atoms with Crippen LogP contribution in [0.4, 0.5) is 0 Å². The molecule has 1 fully saturated rings. The van der Waals surface area contributed by atoms with Crippen LogP contribution in [-0.2, 0) is 4.74 Å². The van der Waals surface area contributed by atoms with Crippen molar-refractivity contribution >= 4 is 27.6 Å². The number of carbonyl (C=O) groups is 1. The fraction of sp³-hybridized carbons (Fsp3) is 0.231. The number of hydrogen-bond donors (Lipinski definition) is 1. The summed E-state index contributed by atoms with van der Waals surface area (Å²) < 4.78 is 5.74. The Morgan fingerprint density at radius 1 is 1.06 bits per heavy atom. The molecule has 1 aliphatic heterocycles. The van der Waals surface area contributed by atoms with Crippen molar-refractivity contribution in [2.75, 3.05) is 33.3 Å². The number of pyridine rings is 1. The van der Waals surface area contributed by atoms with Crippen LogP contribution in [0.15, 0.2) is 72.9 Å². The van der Waals surface area contributed by atoms with Crippen LogP contribution in [0.2, 0.25) is 0 Å². The Bertz CT molecular complexity index is 1250. The monoisotopic (exact) mass is 411 g/mol. The maximum Gasteiger partial charge on any atom is 0.251 e. The number of benzene rings is 3. The minimum absolute atomic E-state index is 0.0368. The fourth-order valence-corrected chi connectivity index (χ4v) is 4.30. The molecule has 2 heterocycles. The average Bonchev–Trinajstić information content (AvgIpc) is 2.81. The molecule has 0 bridgehead atoms. The molecule has 1 unspecified atom stereocenters. The van der Waals surface area contributed by atoms with E-state index in [1.165, 1.54) is 0 Å². The lowest BCUT2D eigenvalue weighted by molar-refractivity contribution is -0.0175. The highest BCUT2D eigenvalue weighted by Crippen LogP contribution is 2.33. The van der Waals surface area contributed by atoms with Gasteiger partial charge in [-0.05, 0) is 53.2 Å². The number of amides is 1. The molecule has 1 aliphatic rings. The van der Waals surface area contributed by atoms with Crippen molar-refractivity contribution in [3.63, 3.8) is 0 Å². The van der Waals surface area contributed by atoms with Gasteiger partial charge in [-0.1, -0.05) is 42.5 Å². The highest BCUT2D eigenvalue weighted by atomic mass is 16.5. The van der Waals surface area contributed by atoms with Gasteiger partial charge in [0.25, 0.3) is 5.91 Å². The zero-order chi connectivity index (χ0) is 21.2. The molecular weight excluding hydrogens is 386 g/mol. The molecule has 5 rings (SSSR count). The first-order valence-corrected chi connectivity index (χ1v) is 10.6. The summed E-state index contributed by atoms with van der Waals surface area (Å²) >= 11 is 0. The molecule has 1 saturated heterocycles. The summed E-state index contributed by atoms with van der Waals surface area (Å²) in [5.74, 6) is -0.0708. The van der Waals surface area contributed by atoms with E-state index >= 15 is 0 Å². The smallest absolute Gasteiger partial charge is 0.251 e. The van der Waals surface area contributed by atoms with Crippen LogP contribution < -0.4 is 5.32 Å². The highest BCUT2D eigenvalue weighted by Gasteiger charge is 2.19. The third-order valence-electron chi connectivity index (χ3n) is 5.91. The van der Waals surface area contributed by atoms with Crippen molar-refractivity contribution in [2.45, 2.75) is 6.10 Å². The average molecular weight is 412 g/mol. The maximum atomic E-state index is 12.8. The minimum Gasteiger partial charge on any atom is -0.374 e. The predicted molar refractivity (Wildman–Crippen MR) is 124 cm³/mol. The number of likely N-dealkylation sites (N-methyl/N-ethyl adjacent to an activating group) is 1. The molecule has 1 aromatic heterocycles. The van der Waals surface area contributed by atoms with Crippen LogP contribution in [0.5, 0.6) is 0 Å². The van der Waals surface area contributed by atoms with Gasteiger partial charge in [-0.2, -0.15) is 0 Å². The quantitative estimate of drug-likeness (QED) is 0.549. The topological polar surface area (TPSA) is 54.5 Å². The van der Waals surface area contributed by atoms with E-state index in [1.807, 2.05) is 48.7 Å². The summed E-state index contributed by atoms with van der Waals surface area (Å²) in [6.45, 7) is 3.00. The molecule has 0 aliphatic carbocycles. The van der Waals surface area contributed by atoms with Gasteiger partial charge in [0.05, 0.1) is 18.2 Å². The lowest BCUT2D eigenvalue weighted by Gasteiger charge is -2.30. The molecule has 0 saturated carbocycles. The van der Waals surface area contributed by atoms with Gasteiger partial charge in [0, 0.05) is 36.8 Å². The summed E-state index contributed by atoms with van der Waals surface area (Å²) in [6.07, 6.45) is 1.85. The molecule has 31 heavy (non-hydrogen) atoms. The van der Waals surface area contributed by atoms with Crippen LogP contribution in [0, 0.1) is 0 Å². The zero-order valence-electron chi connectivity index (χ0n) is 17.5. The number of rotatable bonds is 4. The SMILES string of the molecule is CN1CCOC(CNC(=O)c2ccc3c(-c4cccc5ncccc45)cccc3c2)C1. The Balaban J connectivity index is 1.43. The van der Waals surface area contributed by atoms with E-state index in [1.54, 1.807) is 0 Å². The normalized spacial score (nSPS) is 17.1. The van der Waals surface area contributed by atoms with Gasteiger partial charge in [-0.3, -0.25) is 9.78 Å². The fourth-order valence-electron chi connectivity index (χ4n) is 4.30. The second kappa shape index (κ2) is 8.46. The van der Waals surface area contributed by atoms with E-state index in [9.17, 15) is 4.79 Å². The molecule has 3 aromatic carbocycles. The van der Waals surface area contributed by atoms with E-state index in [0.29, 0.717) is 18.7 Å². The van der Waals surface area contributed by atoms with E-state index in [4.69, 9.17) is 4.74 Å². The minimum atomic E-state index is -0.0708. The molecular formula is C26H25N3O2. The first kappa shape index (κ1) is 19.7. The van der Waals surface area contributed by atoms with Crippen LogP contribution >= 0.6 is 0 Å². The molecule has 156 valence electrons. The molecule has 1 amide bonds. The number of hydrogen-bond acceptors (Lipinski definition) is 4. The largest absolute Gasteiger partial charge is 0.374 e. The number of aromatic nitrogens is 1. The molecule has 0 spiro atoms. The third kappa shape index (κ3) is 4.02. The van der Waals surface area contributed by atoms with Crippen LogP contribution in [0.25, 0.3) is 32.8 Å². The van der Waals surface area contributed by atoms with Crippen LogP contribution in [0.1, 0.15) is 10.4 Å². The molecule has 4 aromatic rings. The number of nitrogens with one attached hydrogen (secondary N) is 1. The lowest BCUT2D eigenvalue weighted by Crippen LogP contribution is -2.45. The second-order valence-corrected chi connectivity index (χ2v) is 8.08. The highest BCUT2D eigenvalue weighted by molar-refractivity contribution is 6.06. The van der Waals surface area contributed by atoms with Gasteiger partial charge < -0.3 is 15.0 Å². The Morgan fingerprint density at radius 2 is 1.90 bits per heavy atom. The van der Waals surface area contributed by atoms with Crippen molar-refractivity contribution in [3.8, 4) is 11.1 Å². The van der Waals surface area contributed by atoms with Crippen molar-refractivity contribution < 1.29 is 9.53 Å². The van der Waals surface area contributed by atoms with Crippen LogP contribution in [0.3, 0.4) is 0 Å². The molecule has 1 atom stereocenters. The van der Waals surface area contributed by atoms with Crippen molar-refractivity contribution in [1.82, 2.24) is 15.2 Å². The van der Waals surface area contributed by atoms with E-state index in [0.717, 1.165) is 45.9 Å². The summed E-state index contributed by atoms with van der Waals surface area (Å²) in [6, 6.07) is 22.4. The molecule has 0 radical (unpaired) electrons. The second-order valence-electron chi connectivity index (χ2n) is 8.08. The third-order valence-corrected chi connectivity index (χ3v) is 5.91. The summed E-state index contributed by atoms with van der Waals surface area (Å²) in [4.78, 5) is 19.5. The summed E-state index contributed by atoms with van der Waals surface area (Å²) in [5, 5.41) is 6.31. The van der Waals surface area contributed by atoms with Crippen molar-refractivity contribution in [1.29, 1.82) is 0 Å². The van der Waals surface area contributed by atoms with E-state index in [2.05, 4.69) is 46.5 Å². The van der Waals surface area contributed by atoms with Gasteiger partial charge in [-0.15, -0.1) is 0 Å². The van der Waals surface area contributed by atoms with Gasteiger partial charge >= 0.3 is 0 Å². The Kier molecular flexibility index (Phi) is 5.37. The first-order valence-electron chi connectivity index (χ1n) is 10.6. The van der Waals surface area contributed by atoms with Crippen molar-refractivity contribution in [3.05, 3.63) is 78.5 Å². The standard InChI is InChI=1S/C26H25N3O2/c1-29-13-14-31-20(17-29)16-28-26(30)19-10-11-21-18(15-19)5-2-6-22(21)23-7-3-9-25-24(23)8-4-12-27-25/h2-12,15,20H,13-14,16-17H2,1H3,(H,28,30). The van der Waals surface area contributed by atoms with Crippen LogP contribution in [-0.4, -0.2) is 55.2 Å². The van der Waals surface area contributed by atoms with E-state index in [-0.39, 0.29) is 12.0 Å². The van der Waals surface area contributed by atoms with Gasteiger partial charge in [0.1, 0.15) is 0 Å². The Morgan fingerprint density at radius 3 is 2.77 bits per heavy atom. The molecule has 5 heteroatoms. The molecule has 1 N–H and O–H groups in total. The number of nitrogens with zero attached hydrogens (tertiary/aromatic N) is 2. The number of morpholine rings is 1. The zero-order valence-corrected chi connectivity index (χ0v) is 17.5. The number of fused-ring (bicyclic) bond motifs is 2. The lowest BCUT2D eigenvalue weighted by atomic mass is 9.94. The summed E-state index contributed by atoms with van der Waals surface area (Å²) in [5.41, 5.74) is 3.92. The van der Waals surface area contributed by atoms with Gasteiger partial charge in [0.15, 0.2) is 0 Å². The van der Waals surface area contributed by atoms with E-state index < -0.39 is 0 Å². The first-order chi connectivity index (χ1) is 15.2. The summed E-state index contributed by atoms with van der Waals surface area (Å²) in [7, 11) is 2.07. The van der Waals surface area contributed by atoms with Gasteiger partial charge in [0.2, 0.25) is 0 Å². The molecule has 5 nitrogen and oxygen atoms in total. The number of carbonyl (C=O) groups excluding carboxylic acids is 1. The number of ether oxygens (including phenoxy) is 1. The van der Waals surface area contributed by atoms with Gasteiger partial charge in [-0.25, -0.2) is 0 Å². The Labute approximate surface area is 181 Å². The maximum absolute atomic E-state index is 12.8. The Hall–Kier alpha value is -3.28. The van der Waals surface area contributed by atoms with Crippen molar-refractivity contribution in [2.24, 2.45) is 0 Å². The predicted octanol–water partition coefficient (Wildman–Crippen LogP) is 4.12.